The van der Waals surface area contributed by atoms with Crippen LogP contribution in [-0.4, -0.2) is 6.07 Å². The van der Waals surface area contributed by atoms with E-state index in [4.69, 9.17) is 68.6 Å². The molecule has 1 nitrogen and oxygen atoms in total. The summed E-state index contributed by atoms with van der Waals surface area (Å²) in [7, 11) is 13.5. The second-order valence-corrected chi connectivity index (χ2v) is 30.2. The van der Waals surface area contributed by atoms with E-state index in [1.807, 2.05) is 0 Å². The van der Waals surface area contributed by atoms with Crippen molar-refractivity contribution in [1.82, 2.24) is 0 Å². The maximum absolute atomic E-state index is 5.74. The van der Waals surface area contributed by atoms with Crippen LogP contribution in [0.1, 0.15) is 0 Å². The predicted octanol–water partition coefficient (Wildman–Crippen LogP) is 16.0. The molecule has 0 radical (unpaired) electrons. The third-order valence-corrected chi connectivity index (χ3v) is 18.2. The summed E-state index contributed by atoms with van der Waals surface area (Å²) in [4.78, 5) is 0. The molecule has 0 N–H and O–H groups in total. The molecule has 366 valence electrons. The number of rotatable bonds is 11. The van der Waals surface area contributed by atoms with Gasteiger partial charge in [0.25, 0.3) is 0 Å². The number of benzene rings is 10. The second kappa shape index (κ2) is 32.8. The molecule has 0 fully saturated rings. The topological polar surface area (TPSA) is 9.23 Å². The van der Waals surface area contributed by atoms with Crippen LogP contribution in [0.4, 0.5) is 0 Å². The molecular weight excluding hydrogens is 1160 g/mol. The van der Waals surface area contributed by atoms with Crippen LogP contribution in [0.3, 0.4) is 0 Å². The molecule has 0 spiro atoms. The van der Waals surface area contributed by atoms with Gasteiger partial charge in [-0.3, -0.25) is 0 Å². The smallest absolute Gasteiger partial charge is 0.0134 e. The Morgan fingerprint density at radius 3 is 0.625 bits per heavy atom. The number of ether oxygens (including phenoxy) is 1. The summed E-state index contributed by atoms with van der Waals surface area (Å²) in [5, 5.41) is 13.6. The molecule has 0 unspecified atom stereocenters. The van der Waals surface area contributed by atoms with Gasteiger partial charge in [-0.2, -0.15) is 0 Å². The van der Waals surface area contributed by atoms with Gasteiger partial charge < -0.3 is 4.74 Å². The first kappa shape index (κ1) is 56.9. The summed E-state index contributed by atoms with van der Waals surface area (Å²) in [6.07, 6.45) is 0. The van der Waals surface area contributed by atoms with E-state index in [-0.39, 0.29) is 6.07 Å². The first-order valence-electron chi connectivity index (χ1n) is 22.5. The van der Waals surface area contributed by atoms with Crippen molar-refractivity contribution in [2.45, 2.75) is 0 Å². The van der Waals surface area contributed by atoms with E-state index >= 15 is 0 Å². The van der Waals surface area contributed by atoms with Gasteiger partial charge in [0.2, 0.25) is 0 Å². The minimum atomic E-state index is -1.66. The van der Waals surface area contributed by atoms with Gasteiger partial charge in [0.15, 0.2) is 6.07 Å². The molecule has 0 saturated carbocycles. The Morgan fingerprint density at radius 1 is 0.292 bits per heavy atom. The van der Waals surface area contributed by atoms with Crippen molar-refractivity contribution in [1.29, 1.82) is 0 Å². The van der Waals surface area contributed by atoms with E-state index in [1.165, 1.54) is 47.7 Å². The predicted molar refractivity (Wildman–Crippen MR) is 321 cm³/mol. The Labute approximate surface area is 462 Å². The number of halogens is 6. The summed E-state index contributed by atoms with van der Waals surface area (Å²) < 4.78 is 4.97. The molecule has 0 aliphatic carbocycles. The number of hydrogen-bond acceptors (Lipinski definition) is 1. The number of alkyl halides is 1. The molecule has 10 aromatic rings. The summed E-state index contributed by atoms with van der Waals surface area (Å²) in [6.45, 7) is 0. The van der Waals surface area contributed by atoms with Crippen molar-refractivity contribution >= 4 is 135 Å². The molecule has 72 heavy (non-hydrogen) atoms. The van der Waals surface area contributed by atoms with Crippen molar-refractivity contribution in [2.75, 3.05) is 6.07 Å². The standard InChI is InChI=1S/3C18H15P.C7H5Cl3O.3ClH.Rh/c3*1-4-10-16(11-5-1)19(17-12-6-2-7-13-17)18-14-8-3-9-15-18;8-4-11-7-2-1-5(9)3-6(7)10;;;;/h3*1-15H;1-3H,4H2;3*1H;/q;;;;;;;+3/p-3. The minimum absolute atomic E-state index is 0.0847. The fourth-order valence-corrected chi connectivity index (χ4v) is 14.7. The van der Waals surface area contributed by atoms with Crippen LogP contribution >= 0.6 is 87.6 Å². The van der Waals surface area contributed by atoms with Crippen LogP contribution < -0.4 is 52.5 Å². The van der Waals surface area contributed by atoms with Gasteiger partial charge >= 0.3 is 42.1 Å². The van der Waals surface area contributed by atoms with Crippen molar-refractivity contribution in [3.8, 4) is 5.75 Å². The average molecular weight is 1210 g/mol. The molecule has 0 saturated heterocycles. The fraction of sp³-hybridized carbons (Fsp3) is 0.0164. The molecule has 0 heterocycles. The number of hydrogen-bond donors (Lipinski definition) is 0. The third-order valence-electron chi connectivity index (χ3n) is 10.2. The van der Waals surface area contributed by atoms with Crippen LogP contribution in [0.15, 0.2) is 291 Å². The van der Waals surface area contributed by atoms with Gasteiger partial charge in [-0.25, -0.2) is 0 Å². The Kier molecular flexibility index (Phi) is 25.9. The molecular formula is C61H50Cl6OP3Rh. The molecule has 0 amide bonds. The molecule has 0 aliphatic heterocycles. The summed E-state index contributed by atoms with van der Waals surface area (Å²) >= 11 is 15.1. The normalized spacial score (nSPS) is 10.5. The molecule has 10 rings (SSSR count). The van der Waals surface area contributed by atoms with E-state index in [2.05, 4.69) is 273 Å². The van der Waals surface area contributed by atoms with E-state index in [9.17, 15) is 0 Å². The van der Waals surface area contributed by atoms with Crippen molar-refractivity contribution in [3.05, 3.63) is 301 Å². The zero-order chi connectivity index (χ0) is 50.6. The van der Waals surface area contributed by atoms with E-state index in [0.717, 1.165) is 0 Å². The van der Waals surface area contributed by atoms with E-state index in [1.54, 1.807) is 18.2 Å². The Balaban J connectivity index is 0.000000155. The molecule has 10 aromatic carbocycles. The van der Waals surface area contributed by atoms with Gasteiger partial charge in [0.1, 0.15) is 5.75 Å². The molecule has 0 atom stereocenters. The van der Waals surface area contributed by atoms with Crippen LogP contribution in [0.5, 0.6) is 5.75 Å². The maximum Gasteiger partial charge on any atom is -0.0134 e. The maximum atomic E-state index is 5.74. The summed E-state index contributed by atoms with van der Waals surface area (Å²) in [5.41, 5.74) is 0. The zero-order valence-electron chi connectivity index (χ0n) is 38.8. The van der Waals surface area contributed by atoms with Crippen LogP contribution in [0.2, 0.25) is 10.0 Å². The van der Waals surface area contributed by atoms with Gasteiger partial charge in [-0.15, -0.1) is 0 Å². The molecule has 0 aromatic heterocycles. The van der Waals surface area contributed by atoms with Crippen LogP contribution in [0, 0.1) is 0 Å². The SMILES string of the molecule is ClCOc1ccc(Cl)cc1Cl.[Cl][Rh]([Cl])[Cl].c1ccc(P(c2ccccc2)c2ccccc2)cc1.c1ccc(P(c2ccccc2)c2ccccc2)cc1.c1ccc(P(c2ccccc2)c2ccccc2)cc1. The second-order valence-electron chi connectivity index (χ2n) is 15.0. The molecule has 0 aliphatic rings. The van der Waals surface area contributed by atoms with E-state index < -0.39 is 36.7 Å². The van der Waals surface area contributed by atoms with Gasteiger partial charge in [0, 0.05) is 5.02 Å². The van der Waals surface area contributed by atoms with Crippen molar-refractivity contribution < 1.29 is 17.7 Å². The van der Waals surface area contributed by atoms with Crippen molar-refractivity contribution in [2.24, 2.45) is 0 Å². The van der Waals surface area contributed by atoms with Crippen LogP contribution in [0.25, 0.3) is 0 Å². The zero-order valence-corrected chi connectivity index (χ0v) is 47.6. The van der Waals surface area contributed by atoms with E-state index in [0.29, 0.717) is 15.8 Å². The largest absolute Gasteiger partial charge is 0.0622 e. The monoisotopic (exact) mass is 1200 g/mol. The fourth-order valence-electron chi connectivity index (χ4n) is 7.19. The Hall–Kier alpha value is -4.35. The first-order valence-corrected chi connectivity index (χ1v) is 34.1. The third kappa shape index (κ3) is 19.2. The van der Waals surface area contributed by atoms with Gasteiger partial charge in [-0.1, -0.05) is 308 Å². The quantitative estimate of drug-likeness (QED) is 0.0712. The molecule has 11 heteroatoms. The summed E-state index contributed by atoms with van der Waals surface area (Å²) in [6, 6.07) is 102. The first-order chi connectivity index (χ1) is 35.3. The van der Waals surface area contributed by atoms with Gasteiger partial charge in [0.05, 0.1) is 5.02 Å². The van der Waals surface area contributed by atoms with Crippen LogP contribution in [-0.2, 0) is 13.0 Å². The molecule has 0 bridgehead atoms. The average Bonchev–Trinajstić information content (AvgIpc) is 3.43. The van der Waals surface area contributed by atoms with Gasteiger partial charge in [-0.05, 0) is 89.7 Å². The minimum Gasteiger partial charge on any atom is -0.0622 e. The summed E-state index contributed by atoms with van der Waals surface area (Å²) in [5.74, 6) is 0.547. The Morgan fingerprint density at radius 2 is 0.472 bits per heavy atom. The van der Waals surface area contributed by atoms with Crippen molar-refractivity contribution in [3.63, 3.8) is 0 Å². The Bertz CT molecular complexity index is 2410.